The number of amides is 2. The fourth-order valence-electron chi connectivity index (χ4n) is 2.69. The highest BCUT2D eigenvalue weighted by atomic mass is 35.5. The Balaban J connectivity index is 1.97. The van der Waals surface area contributed by atoms with Gasteiger partial charge in [0.05, 0.1) is 16.8 Å². The third-order valence-electron chi connectivity index (χ3n) is 3.91. The number of halogens is 1. The molecule has 0 spiro atoms. The summed E-state index contributed by atoms with van der Waals surface area (Å²) < 4.78 is 0. The van der Waals surface area contributed by atoms with Gasteiger partial charge in [0.25, 0.3) is 0 Å². The molecular formula is C17H21ClN4O2. The minimum Gasteiger partial charge on any atom is -0.367 e. The number of anilines is 2. The molecule has 6 nitrogen and oxygen atoms in total. The van der Waals surface area contributed by atoms with Gasteiger partial charge in [0.1, 0.15) is 6.42 Å². The Morgan fingerprint density at radius 1 is 1.29 bits per heavy atom. The van der Waals surface area contributed by atoms with Gasteiger partial charge in [0, 0.05) is 38.3 Å². The summed E-state index contributed by atoms with van der Waals surface area (Å²) in [5, 5.41) is 11.7. The normalized spacial score (nSPS) is 14.2. The molecule has 1 saturated heterocycles. The van der Waals surface area contributed by atoms with E-state index in [1.807, 2.05) is 17.9 Å². The molecular weight excluding hydrogens is 328 g/mol. The monoisotopic (exact) mass is 348 g/mol. The Bertz CT molecular complexity index is 648. The molecule has 0 aromatic heterocycles. The molecule has 0 atom stereocenters. The molecule has 1 aromatic rings. The van der Waals surface area contributed by atoms with Crippen molar-refractivity contribution in [2.24, 2.45) is 0 Å². The zero-order valence-electron chi connectivity index (χ0n) is 13.7. The summed E-state index contributed by atoms with van der Waals surface area (Å²) >= 11 is 6.33. The predicted molar refractivity (Wildman–Crippen MR) is 94.0 cm³/mol. The van der Waals surface area contributed by atoms with Crippen molar-refractivity contribution in [3.05, 3.63) is 23.2 Å². The van der Waals surface area contributed by atoms with Crippen LogP contribution >= 0.6 is 11.6 Å². The van der Waals surface area contributed by atoms with Crippen LogP contribution in [0.15, 0.2) is 18.2 Å². The number of nitrogens with one attached hydrogen (secondary N) is 1. The van der Waals surface area contributed by atoms with Crippen LogP contribution in [0.3, 0.4) is 0 Å². The lowest BCUT2D eigenvalue weighted by atomic mass is 10.2. The number of carbonyl (C=O) groups excluding carboxylic acids is 2. The number of rotatable bonds is 5. The number of carbonyl (C=O) groups is 2. The molecule has 1 aliphatic heterocycles. The van der Waals surface area contributed by atoms with Gasteiger partial charge >= 0.3 is 0 Å². The average Bonchev–Trinajstić information content (AvgIpc) is 2.55. The lowest BCUT2D eigenvalue weighted by Gasteiger charge is -2.36. The number of nitriles is 1. The molecule has 2 amide bonds. The Morgan fingerprint density at radius 3 is 2.58 bits per heavy atom. The highest BCUT2D eigenvalue weighted by Crippen LogP contribution is 2.29. The van der Waals surface area contributed by atoms with E-state index in [0.29, 0.717) is 30.2 Å². The quantitative estimate of drug-likeness (QED) is 0.887. The van der Waals surface area contributed by atoms with Crippen molar-refractivity contribution in [1.29, 1.82) is 5.26 Å². The smallest absolute Gasteiger partial charge is 0.238 e. The van der Waals surface area contributed by atoms with Gasteiger partial charge in [0.2, 0.25) is 11.8 Å². The Kier molecular flexibility index (Phi) is 6.44. The summed E-state index contributed by atoms with van der Waals surface area (Å²) in [6, 6.07) is 7.11. The van der Waals surface area contributed by atoms with Gasteiger partial charge in [-0.1, -0.05) is 18.5 Å². The summed E-state index contributed by atoms with van der Waals surface area (Å²) in [5.74, 6) is -0.150. The van der Waals surface area contributed by atoms with Crippen molar-refractivity contribution < 1.29 is 9.59 Å². The van der Waals surface area contributed by atoms with Gasteiger partial charge in [-0.25, -0.2) is 0 Å². The Hall–Kier alpha value is -2.26. The van der Waals surface area contributed by atoms with Crippen LogP contribution in [-0.4, -0.2) is 42.9 Å². The highest BCUT2D eigenvalue weighted by Gasteiger charge is 2.22. The highest BCUT2D eigenvalue weighted by molar-refractivity contribution is 6.33. The van der Waals surface area contributed by atoms with Crippen LogP contribution in [0.1, 0.15) is 26.2 Å². The number of nitrogens with zero attached hydrogens (tertiary/aromatic N) is 3. The van der Waals surface area contributed by atoms with Crippen LogP contribution in [0.25, 0.3) is 0 Å². The van der Waals surface area contributed by atoms with E-state index in [9.17, 15) is 9.59 Å². The summed E-state index contributed by atoms with van der Waals surface area (Å²) in [7, 11) is 0. The first-order chi connectivity index (χ1) is 11.5. The van der Waals surface area contributed by atoms with Crippen molar-refractivity contribution in [2.45, 2.75) is 26.2 Å². The van der Waals surface area contributed by atoms with E-state index in [2.05, 4.69) is 10.2 Å². The van der Waals surface area contributed by atoms with Crippen LogP contribution in [0.4, 0.5) is 11.4 Å². The molecule has 0 bridgehead atoms. The first kappa shape index (κ1) is 18.1. The average molecular weight is 349 g/mol. The van der Waals surface area contributed by atoms with Gasteiger partial charge in [0.15, 0.2) is 0 Å². The van der Waals surface area contributed by atoms with E-state index < -0.39 is 0 Å². The molecule has 1 heterocycles. The molecule has 24 heavy (non-hydrogen) atoms. The van der Waals surface area contributed by atoms with E-state index >= 15 is 0 Å². The molecule has 1 N–H and O–H groups in total. The fourth-order valence-corrected chi connectivity index (χ4v) is 2.99. The molecule has 128 valence electrons. The number of benzene rings is 1. The summed E-state index contributed by atoms with van der Waals surface area (Å²) in [6.45, 7) is 4.85. The molecule has 1 aliphatic rings. The van der Waals surface area contributed by atoms with Crippen LogP contribution in [0.2, 0.25) is 5.02 Å². The maximum Gasteiger partial charge on any atom is 0.238 e. The lowest BCUT2D eigenvalue weighted by molar-refractivity contribution is -0.131. The topological polar surface area (TPSA) is 76.4 Å². The van der Waals surface area contributed by atoms with Gasteiger partial charge in [-0.05, 0) is 24.6 Å². The minimum absolute atomic E-state index is 0.187. The van der Waals surface area contributed by atoms with Gasteiger partial charge in [-0.15, -0.1) is 0 Å². The maximum atomic E-state index is 11.9. The van der Waals surface area contributed by atoms with Crippen LogP contribution < -0.4 is 10.2 Å². The van der Waals surface area contributed by atoms with E-state index in [1.165, 1.54) is 0 Å². The fraction of sp³-hybridized carbons (Fsp3) is 0.471. The zero-order chi connectivity index (χ0) is 17.5. The van der Waals surface area contributed by atoms with E-state index in [0.717, 1.165) is 25.2 Å². The second-order valence-corrected chi connectivity index (χ2v) is 6.07. The van der Waals surface area contributed by atoms with Gasteiger partial charge in [-0.2, -0.15) is 5.26 Å². The predicted octanol–water partition coefficient (Wildman–Crippen LogP) is 2.64. The molecule has 2 rings (SSSR count). The minimum atomic E-state index is -0.357. The molecule has 7 heteroatoms. The van der Waals surface area contributed by atoms with Crippen molar-refractivity contribution in [2.75, 3.05) is 36.4 Å². The Morgan fingerprint density at radius 2 is 2.00 bits per heavy atom. The van der Waals surface area contributed by atoms with Crippen LogP contribution in [-0.2, 0) is 9.59 Å². The summed E-state index contributed by atoms with van der Waals surface area (Å²) in [4.78, 5) is 27.4. The van der Waals surface area contributed by atoms with Crippen molar-refractivity contribution in [3.63, 3.8) is 0 Å². The standard InChI is InChI=1S/C17H21ClN4O2/c1-2-3-17(24)22-10-8-21(9-11-22)15-5-4-13(12-14(15)18)20-16(23)6-7-19/h4-5,12H,2-3,6,8-11H2,1H3,(H,20,23). The molecule has 0 unspecified atom stereocenters. The van der Waals surface area contributed by atoms with Crippen LogP contribution in [0.5, 0.6) is 0 Å². The molecule has 1 fully saturated rings. The Labute approximate surface area is 147 Å². The number of hydrogen-bond acceptors (Lipinski definition) is 4. The van der Waals surface area contributed by atoms with Crippen molar-refractivity contribution in [1.82, 2.24) is 4.90 Å². The van der Waals surface area contributed by atoms with E-state index in [-0.39, 0.29) is 18.2 Å². The largest absolute Gasteiger partial charge is 0.367 e. The second-order valence-electron chi connectivity index (χ2n) is 5.67. The van der Waals surface area contributed by atoms with E-state index in [1.54, 1.807) is 18.2 Å². The molecule has 0 aliphatic carbocycles. The van der Waals surface area contributed by atoms with E-state index in [4.69, 9.17) is 16.9 Å². The lowest BCUT2D eigenvalue weighted by Crippen LogP contribution is -2.48. The first-order valence-corrected chi connectivity index (χ1v) is 8.42. The third-order valence-corrected chi connectivity index (χ3v) is 4.21. The summed E-state index contributed by atoms with van der Waals surface area (Å²) in [5.41, 5.74) is 1.46. The van der Waals surface area contributed by atoms with Crippen molar-refractivity contribution in [3.8, 4) is 6.07 Å². The number of piperazine rings is 1. The van der Waals surface area contributed by atoms with Gasteiger partial charge < -0.3 is 15.1 Å². The SMILES string of the molecule is CCCC(=O)N1CCN(c2ccc(NC(=O)CC#N)cc2Cl)CC1. The molecule has 0 saturated carbocycles. The molecule has 1 aromatic carbocycles. The zero-order valence-corrected chi connectivity index (χ0v) is 14.5. The first-order valence-electron chi connectivity index (χ1n) is 8.04. The maximum absolute atomic E-state index is 11.9. The van der Waals surface area contributed by atoms with Crippen LogP contribution in [0, 0.1) is 11.3 Å². The van der Waals surface area contributed by atoms with Gasteiger partial charge in [-0.3, -0.25) is 9.59 Å². The third kappa shape index (κ3) is 4.62. The van der Waals surface area contributed by atoms with Crippen molar-refractivity contribution >= 4 is 34.8 Å². The second kappa shape index (κ2) is 8.55. The molecule has 0 radical (unpaired) electrons. The number of hydrogen-bond donors (Lipinski definition) is 1. The summed E-state index contributed by atoms with van der Waals surface area (Å²) in [6.07, 6.45) is 1.27.